The van der Waals surface area contributed by atoms with E-state index in [9.17, 15) is 14.9 Å². The monoisotopic (exact) mass is 293 g/mol. The first-order valence-electron chi connectivity index (χ1n) is 7.05. The lowest BCUT2D eigenvalue weighted by molar-refractivity contribution is -0.384. The molecule has 0 saturated heterocycles. The highest BCUT2D eigenvalue weighted by molar-refractivity contribution is 5.96. The highest BCUT2D eigenvalue weighted by atomic mass is 16.6. The average molecular weight is 293 g/mol. The Kier molecular flexibility index (Phi) is 5.29. The van der Waals surface area contributed by atoms with Gasteiger partial charge in [-0.15, -0.1) is 0 Å². The average Bonchev–Trinajstić information content (AvgIpc) is 2.45. The molecule has 0 heterocycles. The van der Waals surface area contributed by atoms with Gasteiger partial charge in [-0.25, -0.2) is 0 Å². The maximum atomic E-state index is 12.5. The molecule has 6 heteroatoms. The number of nitrogens with zero attached hydrogens (tertiary/aromatic N) is 2. The van der Waals surface area contributed by atoms with Crippen molar-refractivity contribution in [3.63, 3.8) is 0 Å². The molecule has 1 aromatic rings. The minimum absolute atomic E-state index is 0.0224. The van der Waals surface area contributed by atoms with E-state index in [2.05, 4.69) is 5.32 Å². The Morgan fingerprint density at radius 1 is 1.38 bits per heavy atom. The van der Waals surface area contributed by atoms with Gasteiger partial charge in [0.2, 0.25) is 0 Å². The van der Waals surface area contributed by atoms with E-state index in [-0.39, 0.29) is 17.1 Å². The minimum Gasteiger partial charge on any atom is -0.380 e. The highest BCUT2D eigenvalue weighted by Gasteiger charge is 2.27. The van der Waals surface area contributed by atoms with E-state index in [1.54, 1.807) is 18.0 Å². The SMILES string of the molecule is CCNc1cc(C(=O)N(C)C(C)(C)CC)ccc1[N+](=O)[O-]. The lowest BCUT2D eigenvalue weighted by Gasteiger charge is -2.35. The number of anilines is 1. The van der Waals surface area contributed by atoms with Crippen molar-refractivity contribution in [3.8, 4) is 0 Å². The fourth-order valence-corrected chi connectivity index (χ4v) is 1.87. The third-order valence-corrected chi connectivity index (χ3v) is 3.89. The molecular formula is C15H23N3O3. The third-order valence-electron chi connectivity index (χ3n) is 3.89. The van der Waals surface area contributed by atoms with Gasteiger partial charge in [0.25, 0.3) is 11.6 Å². The van der Waals surface area contributed by atoms with E-state index in [0.29, 0.717) is 17.8 Å². The van der Waals surface area contributed by atoms with Crippen LogP contribution in [0.15, 0.2) is 18.2 Å². The van der Waals surface area contributed by atoms with Gasteiger partial charge >= 0.3 is 0 Å². The summed E-state index contributed by atoms with van der Waals surface area (Å²) in [6, 6.07) is 4.42. The van der Waals surface area contributed by atoms with Gasteiger partial charge < -0.3 is 10.2 Å². The van der Waals surface area contributed by atoms with Crippen molar-refractivity contribution >= 4 is 17.3 Å². The van der Waals surface area contributed by atoms with Crippen molar-refractivity contribution in [3.05, 3.63) is 33.9 Å². The van der Waals surface area contributed by atoms with Gasteiger partial charge in [0.1, 0.15) is 5.69 Å². The minimum atomic E-state index is -0.452. The number of nitrogens with one attached hydrogen (secondary N) is 1. The Bertz CT molecular complexity index is 541. The Labute approximate surface area is 125 Å². The molecule has 0 atom stereocenters. The molecule has 1 N–H and O–H groups in total. The molecule has 0 spiro atoms. The first kappa shape index (κ1) is 16.9. The topological polar surface area (TPSA) is 75.5 Å². The standard InChI is InChI=1S/C15H23N3O3/c1-6-15(3,4)17(5)14(19)11-8-9-13(18(20)21)12(10-11)16-7-2/h8-10,16H,6-7H2,1-5H3. The van der Waals surface area contributed by atoms with Gasteiger partial charge in [-0.3, -0.25) is 14.9 Å². The highest BCUT2D eigenvalue weighted by Crippen LogP contribution is 2.27. The molecule has 1 amide bonds. The first-order chi connectivity index (χ1) is 9.74. The normalized spacial score (nSPS) is 11.1. The predicted molar refractivity (Wildman–Crippen MR) is 83.7 cm³/mol. The second-order valence-corrected chi connectivity index (χ2v) is 5.55. The van der Waals surface area contributed by atoms with Crippen molar-refractivity contribution in [2.45, 2.75) is 39.7 Å². The van der Waals surface area contributed by atoms with Gasteiger partial charge in [-0.05, 0) is 39.3 Å². The van der Waals surface area contributed by atoms with Crippen LogP contribution in [0.25, 0.3) is 0 Å². The summed E-state index contributed by atoms with van der Waals surface area (Å²) in [5, 5.41) is 13.9. The maximum Gasteiger partial charge on any atom is 0.292 e. The molecule has 0 aliphatic carbocycles. The van der Waals surface area contributed by atoms with Crippen LogP contribution >= 0.6 is 0 Å². The zero-order valence-corrected chi connectivity index (χ0v) is 13.3. The van der Waals surface area contributed by atoms with Gasteiger partial charge in [0.05, 0.1) is 4.92 Å². The Hall–Kier alpha value is -2.11. The van der Waals surface area contributed by atoms with E-state index in [1.807, 2.05) is 27.7 Å². The summed E-state index contributed by atoms with van der Waals surface area (Å²) in [7, 11) is 1.75. The number of nitro benzene ring substituents is 1. The first-order valence-corrected chi connectivity index (χ1v) is 7.05. The molecule has 0 saturated carbocycles. The summed E-state index contributed by atoms with van der Waals surface area (Å²) in [5.41, 5.74) is 0.527. The van der Waals surface area contributed by atoms with Crippen LogP contribution in [-0.2, 0) is 0 Å². The number of amides is 1. The number of carbonyl (C=O) groups excluding carboxylic acids is 1. The summed E-state index contributed by atoms with van der Waals surface area (Å²) in [6.07, 6.45) is 0.822. The van der Waals surface area contributed by atoms with Crippen molar-refractivity contribution in [2.24, 2.45) is 0 Å². The van der Waals surface area contributed by atoms with Crippen molar-refractivity contribution < 1.29 is 9.72 Å². The summed E-state index contributed by atoms with van der Waals surface area (Å²) in [6.45, 7) is 8.39. The number of benzene rings is 1. The largest absolute Gasteiger partial charge is 0.380 e. The summed E-state index contributed by atoms with van der Waals surface area (Å²) >= 11 is 0. The van der Waals surface area contributed by atoms with Crippen molar-refractivity contribution in [2.75, 3.05) is 18.9 Å². The van der Waals surface area contributed by atoms with Crippen LogP contribution in [0.4, 0.5) is 11.4 Å². The van der Waals surface area contributed by atoms with E-state index in [4.69, 9.17) is 0 Å². The van der Waals surface area contributed by atoms with Crippen LogP contribution in [0.3, 0.4) is 0 Å². The number of hydrogen-bond donors (Lipinski definition) is 1. The molecule has 116 valence electrons. The van der Waals surface area contributed by atoms with Gasteiger partial charge in [-0.2, -0.15) is 0 Å². The molecule has 1 rings (SSSR count). The number of rotatable bonds is 6. The van der Waals surface area contributed by atoms with Crippen LogP contribution in [0.1, 0.15) is 44.5 Å². The van der Waals surface area contributed by atoms with Gasteiger partial charge in [-0.1, -0.05) is 6.92 Å². The van der Waals surface area contributed by atoms with Crippen LogP contribution in [0.2, 0.25) is 0 Å². The van der Waals surface area contributed by atoms with E-state index in [0.717, 1.165) is 6.42 Å². The molecular weight excluding hydrogens is 270 g/mol. The lowest BCUT2D eigenvalue weighted by atomic mass is 9.98. The molecule has 0 unspecified atom stereocenters. The molecule has 0 aromatic heterocycles. The summed E-state index contributed by atoms with van der Waals surface area (Å²) in [5.74, 6) is -0.143. The molecule has 0 bridgehead atoms. The predicted octanol–water partition coefficient (Wildman–Crippen LogP) is 3.29. The molecule has 0 aliphatic rings. The Morgan fingerprint density at radius 3 is 2.48 bits per heavy atom. The van der Waals surface area contributed by atoms with E-state index < -0.39 is 4.92 Å². The molecule has 0 fully saturated rings. The van der Waals surface area contributed by atoms with Crippen LogP contribution in [0.5, 0.6) is 0 Å². The molecule has 0 radical (unpaired) electrons. The maximum absolute atomic E-state index is 12.5. The number of nitro groups is 1. The Balaban J connectivity index is 3.17. The molecule has 21 heavy (non-hydrogen) atoms. The smallest absolute Gasteiger partial charge is 0.292 e. The second kappa shape index (κ2) is 6.56. The molecule has 6 nitrogen and oxygen atoms in total. The third kappa shape index (κ3) is 3.71. The van der Waals surface area contributed by atoms with Crippen LogP contribution in [-0.4, -0.2) is 34.9 Å². The molecule has 1 aromatic carbocycles. The summed E-state index contributed by atoms with van der Waals surface area (Å²) < 4.78 is 0. The molecule has 0 aliphatic heterocycles. The number of carbonyl (C=O) groups is 1. The quantitative estimate of drug-likeness (QED) is 0.645. The van der Waals surface area contributed by atoms with Crippen molar-refractivity contribution in [1.29, 1.82) is 0 Å². The second-order valence-electron chi connectivity index (χ2n) is 5.55. The zero-order valence-electron chi connectivity index (χ0n) is 13.3. The van der Waals surface area contributed by atoms with Crippen LogP contribution < -0.4 is 5.32 Å². The van der Waals surface area contributed by atoms with Gasteiger partial charge in [0.15, 0.2) is 0 Å². The Morgan fingerprint density at radius 2 is 2.00 bits per heavy atom. The summed E-state index contributed by atoms with van der Waals surface area (Å²) in [4.78, 5) is 24.7. The lowest BCUT2D eigenvalue weighted by Crippen LogP contribution is -2.44. The van der Waals surface area contributed by atoms with E-state index >= 15 is 0 Å². The van der Waals surface area contributed by atoms with Crippen molar-refractivity contribution in [1.82, 2.24) is 4.90 Å². The zero-order chi connectivity index (χ0) is 16.2. The number of hydrogen-bond acceptors (Lipinski definition) is 4. The van der Waals surface area contributed by atoms with Crippen LogP contribution in [0, 0.1) is 10.1 Å². The van der Waals surface area contributed by atoms with E-state index in [1.165, 1.54) is 12.1 Å². The fraction of sp³-hybridized carbons (Fsp3) is 0.533. The van der Waals surface area contributed by atoms with Gasteiger partial charge in [0, 0.05) is 30.8 Å². The fourth-order valence-electron chi connectivity index (χ4n) is 1.87.